The van der Waals surface area contributed by atoms with Gasteiger partial charge in [0.15, 0.2) is 0 Å². The van der Waals surface area contributed by atoms with Crippen molar-refractivity contribution in [2.45, 2.75) is 45.4 Å². The number of halogens is 1. The van der Waals surface area contributed by atoms with Crippen molar-refractivity contribution < 1.29 is 14.0 Å². The Kier molecular flexibility index (Phi) is 9.07. The average molecular weight is 518 g/mol. The number of anilines is 1. The van der Waals surface area contributed by atoms with Gasteiger partial charge in [-0.1, -0.05) is 32.1 Å². The summed E-state index contributed by atoms with van der Waals surface area (Å²) in [4.78, 5) is 42.9. The molecule has 1 aromatic carbocycles. The SMILES string of the molecule is BC(B)(C/C=C/C(=O)N(C)C)C(C)C(=O)Nc1cccn(Cc2cc3cc(F)cc(CC(C)C)c3[nH]2)c1=O. The van der Waals surface area contributed by atoms with E-state index in [0.29, 0.717) is 12.3 Å². The van der Waals surface area contributed by atoms with Gasteiger partial charge in [0.2, 0.25) is 11.8 Å². The van der Waals surface area contributed by atoms with E-state index in [9.17, 15) is 18.8 Å². The summed E-state index contributed by atoms with van der Waals surface area (Å²) in [6.45, 7) is 6.25. The lowest BCUT2D eigenvalue weighted by molar-refractivity contribution is -0.123. The second-order valence-electron chi connectivity index (χ2n) is 11.3. The third-order valence-corrected chi connectivity index (χ3v) is 6.99. The number of aromatic nitrogens is 2. The summed E-state index contributed by atoms with van der Waals surface area (Å²) in [7, 11) is 7.28. The lowest BCUT2D eigenvalue weighted by atomic mass is 9.47. The third-order valence-electron chi connectivity index (χ3n) is 6.99. The zero-order valence-corrected chi connectivity index (χ0v) is 23.4. The van der Waals surface area contributed by atoms with Crippen LogP contribution in [0.5, 0.6) is 0 Å². The Morgan fingerprint density at radius 2 is 1.92 bits per heavy atom. The highest BCUT2D eigenvalue weighted by molar-refractivity contribution is 6.41. The normalized spacial score (nSPS) is 12.8. The third kappa shape index (κ3) is 7.05. The number of benzene rings is 1. The highest BCUT2D eigenvalue weighted by Gasteiger charge is 2.30. The van der Waals surface area contributed by atoms with Crippen molar-refractivity contribution in [1.29, 1.82) is 0 Å². The Labute approximate surface area is 225 Å². The fourth-order valence-electron chi connectivity index (χ4n) is 4.35. The molecule has 3 rings (SSSR count). The predicted octanol–water partition coefficient (Wildman–Crippen LogP) is 2.71. The molecule has 1 atom stereocenters. The Morgan fingerprint density at radius 1 is 1.21 bits per heavy atom. The van der Waals surface area contributed by atoms with Crippen LogP contribution in [0.1, 0.15) is 38.4 Å². The second kappa shape index (κ2) is 11.9. The molecular formula is C28H37B2FN4O3. The fraction of sp³-hybridized carbons (Fsp3) is 0.393. The van der Waals surface area contributed by atoms with Crippen molar-refractivity contribution in [3.8, 4) is 0 Å². The molecule has 0 spiro atoms. The van der Waals surface area contributed by atoms with E-state index in [0.717, 1.165) is 28.6 Å². The number of fused-ring (bicyclic) bond motifs is 1. The maximum atomic E-state index is 14.2. The van der Waals surface area contributed by atoms with E-state index in [2.05, 4.69) is 24.1 Å². The molecule has 0 saturated carbocycles. The first-order valence-electron chi connectivity index (χ1n) is 13.0. The molecule has 0 aliphatic carbocycles. The zero-order valence-electron chi connectivity index (χ0n) is 23.4. The van der Waals surface area contributed by atoms with Crippen molar-refractivity contribution in [3.63, 3.8) is 0 Å². The van der Waals surface area contributed by atoms with Gasteiger partial charge in [-0.25, -0.2) is 4.39 Å². The molecule has 7 nitrogen and oxygen atoms in total. The van der Waals surface area contributed by atoms with Crippen LogP contribution in [0.2, 0.25) is 5.21 Å². The number of nitrogens with one attached hydrogen (secondary N) is 2. The number of H-pyrrole nitrogens is 1. The summed E-state index contributed by atoms with van der Waals surface area (Å²) >= 11 is 0. The molecule has 2 amide bonds. The molecule has 0 bridgehead atoms. The Bertz CT molecular complexity index is 1410. The number of likely N-dealkylation sites (N-methyl/N-ethyl adjacent to an activating group) is 1. The number of allylic oxidation sites excluding steroid dienone is 1. The van der Waals surface area contributed by atoms with E-state index in [4.69, 9.17) is 0 Å². The maximum Gasteiger partial charge on any atom is 0.274 e. The monoisotopic (exact) mass is 518 g/mol. The van der Waals surface area contributed by atoms with E-state index in [1.165, 1.54) is 21.6 Å². The van der Waals surface area contributed by atoms with E-state index in [1.807, 2.05) is 28.7 Å². The second-order valence-corrected chi connectivity index (χ2v) is 11.3. The Morgan fingerprint density at radius 3 is 2.58 bits per heavy atom. The van der Waals surface area contributed by atoms with Crippen LogP contribution in [0.4, 0.5) is 10.1 Å². The summed E-state index contributed by atoms with van der Waals surface area (Å²) < 4.78 is 15.7. The fourth-order valence-corrected chi connectivity index (χ4v) is 4.35. The number of hydrogen-bond donors (Lipinski definition) is 2. The quantitative estimate of drug-likeness (QED) is 0.320. The van der Waals surface area contributed by atoms with Crippen molar-refractivity contribution in [1.82, 2.24) is 14.5 Å². The minimum atomic E-state index is -0.436. The highest BCUT2D eigenvalue weighted by atomic mass is 19.1. The standard InChI is InChI=1S/C28H37B2FN4O3/c1-17(2)12-19-13-21(31)14-20-15-22(32-25(19)20)16-35-11-7-8-23(27(35)38)33-26(37)18(3)28(29,30)10-6-9-24(36)34(4)5/h6-9,11,13-15,17-18,32H,10,12,16,29-30H2,1-5H3,(H,33,37)/b9-6+. The molecule has 0 aliphatic rings. The summed E-state index contributed by atoms with van der Waals surface area (Å²) in [5.41, 5.74) is 2.43. The van der Waals surface area contributed by atoms with Crippen LogP contribution in [-0.4, -0.2) is 56.1 Å². The number of amides is 2. The largest absolute Gasteiger partial charge is 0.357 e. The molecule has 2 N–H and O–H groups in total. The molecule has 2 aromatic heterocycles. The Balaban J connectivity index is 1.76. The van der Waals surface area contributed by atoms with E-state index in [-0.39, 0.29) is 35.4 Å². The lowest BCUT2D eigenvalue weighted by Crippen LogP contribution is -2.35. The zero-order chi connectivity index (χ0) is 28.2. The van der Waals surface area contributed by atoms with Gasteiger partial charge in [0, 0.05) is 42.8 Å². The summed E-state index contributed by atoms with van der Waals surface area (Å²) in [6.07, 6.45) is 6.22. The van der Waals surface area contributed by atoms with Crippen LogP contribution in [0.15, 0.2) is 53.5 Å². The van der Waals surface area contributed by atoms with Crippen molar-refractivity contribution >= 4 is 44.1 Å². The summed E-state index contributed by atoms with van der Waals surface area (Å²) in [5, 5.41) is 3.13. The minimum Gasteiger partial charge on any atom is -0.357 e. The molecule has 10 heteroatoms. The molecule has 200 valence electrons. The van der Waals surface area contributed by atoms with Crippen LogP contribution >= 0.6 is 0 Å². The first-order valence-corrected chi connectivity index (χ1v) is 13.0. The number of carbonyl (C=O) groups is 2. The number of nitrogens with zero attached hydrogens (tertiary/aromatic N) is 2. The number of hydrogen-bond acceptors (Lipinski definition) is 3. The first-order chi connectivity index (χ1) is 17.8. The van der Waals surface area contributed by atoms with E-state index in [1.54, 1.807) is 44.6 Å². The molecule has 38 heavy (non-hydrogen) atoms. The van der Waals surface area contributed by atoms with Gasteiger partial charge in [0.1, 0.15) is 27.2 Å². The van der Waals surface area contributed by atoms with Crippen LogP contribution in [0.3, 0.4) is 0 Å². The van der Waals surface area contributed by atoms with Crippen LogP contribution in [-0.2, 0) is 22.6 Å². The molecule has 2 heterocycles. The predicted molar refractivity (Wildman–Crippen MR) is 157 cm³/mol. The number of pyridine rings is 1. The average Bonchev–Trinajstić information content (AvgIpc) is 3.22. The van der Waals surface area contributed by atoms with Gasteiger partial charge in [-0.05, 0) is 60.7 Å². The Hall–Kier alpha value is -3.55. The van der Waals surface area contributed by atoms with Gasteiger partial charge in [0.25, 0.3) is 5.56 Å². The van der Waals surface area contributed by atoms with Gasteiger partial charge in [-0.3, -0.25) is 14.4 Å². The van der Waals surface area contributed by atoms with Crippen LogP contribution in [0.25, 0.3) is 10.9 Å². The summed E-state index contributed by atoms with van der Waals surface area (Å²) in [6, 6.07) is 8.22. The van der Waals surface area contributed by atoms with Crippen molar-refractivity contribution in [2.24, 2.45) is 11.8 Å². The molecule has 0 radical (unpaired) electrons. The van der Waals surface area contributed by atoms with Gasteiger partial charge in [-0.2, -0.15) is 0 Å². The van der Waals surface area contributed by atoms with Gasteiger partial charge < -0.3 is 19.8 Å². The van der Waals surface area contributed by atoms with E-state index >= 15 is 0 Å². The number of aromatic amines is 1. The van der Waals surface area contributed by atoms with Gasteiger partial charge in [-0.15, -0.1) is 0 Å². The molecule has 3 aromatic rings. The maximum absolute atomic E-state index is 14.2. The van der Waals surface area contributed by atoms with Gasteiger partial charge in [0.05, 0.1) is 6.54 Å². The topological polar surface area (TPSA) is 87.2 Å². The number of rotatable bonds is 10. The first kappa shape index (κ1) is 29.0. The van der Waals surface area contributed by atoms with Gasteiger partial charge >= 0.3 is 0 Å². The van der Waals surface area contributed by atoms with Crippen LogP contribution < -0.4 is 10.9 Å². The highest BCUT2D eigenvalue weighted by Crippen LogP contribution is 2.33. The lowest BCUT2D eigenvalue weighted by Gasteiger charge is -2.30. The minimum absolute atomic E-state index is 0.112. The summed E-state index contributed by atoms with van der Waals surface area (Å²) in [5.74, 6) is -0.704. The molecular weight excluding hydrogens is 481 g/mol. The molecule has 0 fully saturated rings. The number of carbonyl (C=O) groups excluding carboxylic acids is 2. The van der Waals surface area contributed by atoms with Crippen molar-refractivity contribution in [2.75, 3.05) is 19.4 Å². The molecule has 0 saturated heterocycles. The molecule has 1 unspecified atom stereocenters. The smallest absolute Gasteiger partial charge is 0.274 e. The molecule has 0 aliphatic heterocycles. The van der Waals surface area contributed by atoms with Crippen molar-refractivity contribution in [3.05, 3.63) is 76.1 Å². The van der Waals surface area contributed by atoms with E-state index < -0.39 is 11.1 Å². The van der Waals surface area contributed by atoms with Crippen LogP contribution in [0, 0.1) is 17.7 Å².